The summed E-state index contributed by atoms with van der Waals surface area (Å²) in [6.45, 7) is 9.31. The van der Waals surface area contributed by atoms with E-state index in [1.807, 2.05) is 34.7 Å². The number of hydrogen-bond donors (Lipinski definition) is 0. The molecule has 0 bridgehead atoms. The van der Waals surface area contributed by atoms with Crippen molar-refractivity contribution in [3.8, 4) is 0 Å². The Morgan fingerprint density at radius 1 is 1.10 bits per heavy atom. The van der Waals surface area contributed by atoms with Gasteiger partial charge >= 0.3 is 6.18 Å². The molecule has 2 aromatic rings. The summed E-state index contributed by atoms with van der Waals surface area (Å²) < 4.78 is 59.1. The first-order valence-electron chi connectivity index (χ1n) is 13.7. The zero-order chi connectivity index (χ0) is 28.4. The minimum atomic E-state index is -4.54. The van der Waals surface area contributed by atoms with E-state index in [0.29, 0.717) is 49.8 Å². The van der Waals surface area contributed by atoms with Gasteiger partial charge in [0.15, 0.2) is 0 Å². The number of alkyl halides is 4. The van der Waals surface area contributed by atoms with Gasteiger partial charge in [-0.15, -0.1) is 10.2 Å². The molecule has 1 aromatic carbocycles. The third-order valence-corrected chi connectivity index (χ3v) is 8.79. The van der Waals surface area contributed by atoms with Gasteiger partial charge in [0, 0.05) is 44.8 Å². The number of aromatic nitrogens is 3. The van der Waals surface area contributed by atoms with Gasteiger partial charge in [0.25, 0.3) is 0 Å². The molecule has 1 aliphatic carbocycles. The van der Waals surface area contributed by atoms with Crippen molar-refractivity contribution >= 4 is 5.69 Å². The molecule has 2 fully saturated rings. The van der Waals surface area contributed by atoms with E-state index in [0.717, 1.165) is 29.9 Å². The molecular weight excluding hydrogens is 520 g/mol. The van der Waals surface area contributed by atoms with Crippen molar-refractivity contribution in [3.63, 3.8) is 0 Å². The van der Waals surface area contributed by atoms with Gasteiger partial charge in [0.1, 0.15) is 23.6 Å². The average Bonchev–Trinajstić information content (AvgIpc) is 3.45. The number of piperidine rings is 1. The van der Waals surface area contributed by atoms with Crippen molar-refractivity contribution in [2.45, 2.75) is 56.8 Å². The molecule has 0 unspecified atom stereocenters. The summed E-state index contributed by atoms with van der Waals surface area (Å²) in [7, 11) is 1.93. The molecule has 4 heterocycles. The molecule has 3 aliphatic heterocycles. The van der Waals surface area contributed by atoms with Crippen LogP contribution in [-0.4, -0.2) is 56.0 Å². The van der Waals surface area contributed by atoms with Crippen LogP contribution < -0.4 is 4.90 Å². The molecule has 10 heteroatoms. The largest absolute Gasteiger partial charge is 0.418 e. The topological polar surface area (TPSA) is 40.4 Å². The smallest absolute Gasteiger partial charge is 0.320 e. The Balaban J connectivity index is 1.31. The number of nitrogens with zero attached hydrogens (tertiary/aromatic N) is 6. The Morgan fingerprint density at radius 2 is 1.82 bits per heavy atom. The van der Waals surface area contributed by atoms with Crippen molar-refractivity contribution in [2.24, 2.45) is 13.0 Å². The Bertz CT molecular complexity index is 1420. The predicted octanol–water partition coefficient (Wildman–Crippen LogP) is 6.18. The molecule has 0 atom stereocenters. The van der Waals surface area contributed by atoms with Crippen molar-refractivity contribution in [1.82, 2.24) is 24.6 Å². The van der Waals surface area contributed by atoms with Gasteiger partial charge in [-0.25, -0.2) is 4.39 Å². The van der Waals surface area contributed by atoms with E-state index in [4.69, 9.17) is 0 Å². The lowest BCUT2D eigenvalue weighted by Crippen LogP contribution is -2.43. The molecule has 0 spiro atoms. The Labute approximate surface area is 232 Å². The van der Waals surface area contributed by atoms with Crippen molar-refractivity contribution in [2.75, 3.05) is 24.5 Å². The molecule has 0 radical (unpaired) electrons. The average molecular weight is 555 g/mol. The lowest BCUT2D eigenvalue weighted by atomic mass is 9.58. The highest BCUT2D eigenvalue weighted by Gasteiger charge is 2.48. The monoisotopic (exact) mass is 554 g/mol. The summed E-state index contributed by atoms with van der Waals surface area (Å²) in [6.07, 6.45) is 4.20. The number of likely N-dealkylation sites (tertiary alicyclic amines) is 1. The molecule has 0 amide bonds. The number of halogens is 4. The molecule has 0 N–H and O–H groups in total. The minimum absolute atomic E-state index is 0.0434. The van der Waals surface area contributed by atoms with E-state index in [-0.39, 0.29) is 11.1 Å². The Hall–Kier alpha value is -3.40. The van der Waals surface area contributed by atoms with Crippen molar-refractivity contribution in [1.29, 1.82) is 0 Å². The van der Waals surface area contributed by atoms with Gasteiger partial charge in [0.05, 0.1) is 16.7 Å². The van der Waals surface area contributed by atoms with Gasteiger partial charge < -0.3 is 14.4 Å². The zero-order valence-corrected chi connectivity index (χ0v) is 23.0. The Morgan fingerprint density at radius 3 is 2.45 bits per heavy atom. The summed E-state index contributed by atoms with van der Waals surface area (Å²) in [6, 6.07) is 7.92. The maximum absolute atomic E-state index is 14.3. The van der Waals surface area contributed by atoms with Crippen LogP contribution in [0.4, 0.5) is 23.2 Å². The lowest BCUT2D eigenvalue weighted by molar-refractivity contribution is -0.0909. The number of hydrogen-bond acceptors (Lipinski definition) is 5. The fourth-order valence-electron chi connectivity index (χ4n) is 6.64. The number of anilines is 1. The molecule has 6 rings (SSSR count). The van der Waals surface area contributed by atoms with E-state index in [1.54, 1.807) is 24.4 Å². The fraction of sp³-hybridized carbons (Fsp3) is 0.467. The van der Waals surface area contributed by atoms with Gasteiger partial charge in [0.2, 0.25) is 0 Å². The molecule has 40 heavy (non-hydrogen) atoms. The van der Waals surface area contributed by atoms with Crippen molar-refractivity contribution in [3.05, 3.63) is 89.7 Å². The quantitative estimate of drug-likeness (QED) is 0.413. The van der Waals surface area contributed by atoms with E-state index in [2.05, 4.69) is 29.8 Å². The highest BCUT2D eigenvalue weighted by Crippen LogP contribution is 2.52. The zero-order valence-electron chi connectivity index (χ0n) is 23.0. The van der Waals surface area contributed by atoms with Gasteiger partial charge in [-0.1, -0.05) is 25.6 Å². The van der Waals surface area contributed by atoms with Gasteiger partial charge in [-0.05, 0) is 67.9 Å². The maximum atomic E-state index is 14.3. The first-order valence-corrected chi connectivity index (χ1v) is 13.7. The highest BCUT2D eigenvalue weighted by molar-refractivity contribution is 5.65. The minimum Gasteiger partial charge on any atom is -0.320 e. The van der Waals surface area contributed by atoms with E-state index in [1.165, 1.54) is 17.2 Å². The van der Waals surface area contributed by atoms with Gasteiger partial charge in [-0.3, -0.25) is 4.90 Å². The number of aryl methyl sites for hydroxylation is 1. The molecule has 1 aromatic heterocycles. The SMILES string of the molecule is C=C1N2C=C(CN3CCC(C)(F)CC3)C=C(C(F)(F)F)C2=CN1c1cccc(C2(c3nncn3C)CC(C)C2)c1. The van der Waals surface area contributed by atoms with Crippen LogP contribution in [0.3, 0.4) is 0 Å². The van der Waals surface area contributed by atoms with E-state index in [9.17, 15) is 17.6 Å². The number of benzene rings is 1. The summed E-state index contributed by atoms with van der Waals surface area (Å²) >= 11 is 0. The standard InChI is InChI=1S/C30H34F4N6/c1-20-14-29(15-20,27-36-35-19-37(27)4)23-6-5-7-24(13-23)39-18-26-25(30(32,33)34)12-22(17-40(26)21(39)2)16-38-10-8-28(3,31)9-11-38/h5-7,12-13,17-20H,2,8-11,14-16H2,1,3-4H3. The Kier molecular flexibility index (Phi) is 6.25. The van der Waals surface area contributed by atoms with Crippen LogP contribution in [0, 0.1) is 5.92 Å². The second kappa shape index (κ2) is 9.33. The third kappa shape index (κ3) is 4.56. The van der Waals surface area contributed by atoms with E-state index >= 15 is 0 Å². The van der Waals surface area contributed by atoms with Crippen LogP contribution in [0.2, 0.25) is 0 Å². The number of fused-ring (bicyclic) bond motifs is 1. The van der Waals surface area contributed by atoms with Crippen LogP contribution >= 0.6 is 0 Å². The molecule has 1 saturated carbocycles. The summed E-state index contributed by atoms with van der Waals surface area (Å²) in [4.78, 5) is 5.26. The molecule has 212 valence electrons. The summed E-state index contributed by atoms with van der Waals surface area (Å²) in [5, 5.41) is 8.52. The first-order chi connectivity index (χ1) is 18.9. The van der Waals surface area contributed by atoms with Gasteiger partial charge in [-0.2, -0.15) is 13.2 Å². The summed E-state index contributed by atoms with van der Waals surface area (Å²) in [5.74, 6) is 1.84. The fourth-order valence-corrected chi connectivity index (χ4v) is 6.64. The number of rotatable bonds is 5. The molecule has 1 saturated heterocycles. The van der Waals surface area contributed by atoms with Crippen LogP contribution in [-0.2, 0) is 12.5 Å². The van der Waals surface area contributed by atoms with E-state index < -0.39 is 17.4 Å². The van der Waals surface area contributed by atoms with Crippen LogP contribution in [0.15, 0.2) is 78.3 Å². The molecular formula is C30H34F4N6. The predicted molar refractivity (Wildman–Crippen MR) is 146 cm³/mol. The molecule has 6 nitrogen and oxygen atoms in total. The van der Waals surface area contributed by atoms with Crippen LogP contribution in [0.25, 0.3) is 0 Å². The third-order valence-electron chi connectivity index (χ3n) is 8.79. The van der Waals surface area contributed by atoms with Crippen LogP contribution in [0.5, 0.6) is 0 Å². The second-order valence-corrected chi connectivity index (χ2v) is 12.0. The maximum Gasteiger partial charge on any atom is 0.418 e. The lowest BCUT2D eigenvalue weighted by Gasteiger charge is -2.46. The van der Waals surface area contributed by atoms with Crippen LogP contribution in [0.1, 0.15) is 50.9 Å². The summed E-state index contributed by atoms with van der Waals surface area (Å²) in [5.41, 5.74) is 0.136. The van der Waals surface area contributed by atoms with Crippen molar-refractivity contribution < 1.29 is 17.6 Å². The molecule has 4 aliphatic rings. The second-order valence-electron chi connectivity index (χ2n) is 12.0. The number of allylic oxidation sites excluding steroid dienone is 1. The normalized spacial score (nSPS) is 26.7. The first kappa shape index (κ1) is 26.8. The highest BCUT2D eigenvalue weighted by atomic mass is 19.4.